The number of halogens is 1. The number of nitrogens with zero attached hydrogens (tertiary/aromatic N) is 1. The van der Waals surface area contributed by atoms with Crippen LogP contribution < -0.4 is 0 Å². The molecule has 0 N–H and O–H groups in total. The van der Waals surface area contributed by atoms with Crippen molar-refractivity contribution in [3.63, 3.8) is 0 Å². The van der Waals surface area contributed by atoms with Gasteiger partial charge in [0.1, 0.15) is 0 Å². The van der Waals surface area contributed by atoms with Crippen molar-refractivity contribution in [3.05, 3.63) is 0 Å². The maximum Gasteiger partial charge on any atom is 0.211 e. The molecule has 0 aliphatic rings. The summed E-state index contributed by atoms with van der Waals surface area (Å²) in [6, 6.07) is 0. The van der Waals surface area contributed by atoms with Crippen LogP contribution in [0.2, 0.25) is 13.1 Å². The van der Waals surface area contributed by atoms with Gasteiger partial charge in [0.2, 0.25) is 7.38 Å². The van der Waals surface area contributed by atoms with Crippen LogP contribution >= 0.6 is 11.1 Å². The first-order chi connectivity index (χ1) is 20.4. The molecule has 0 aromatic heterocycles. The molecule has 1 nitrogen and oxygen atoms in total. The fraction of sp³-hybridized carbons (Fsp3) is 1.00. The summed E-state index contributed by atoms with van der Waals surface area (Å²) in [6.07, 6.45) is 44.5. The molecule has 0 spiro atoms. The highest BCUT2D eigenvalue weighted by Crippen LogP contribution is 2.24. The van der Waals surface area contributed by atoms with Crippen LogP contribution in [-0.2, 0) is 0 Å². The Kier molecular flexibility index (Phi) is 31.8. The summed E-state index contributed by atoms with van der Waals surface area (Å²) >= 11 is 7.14. The lowest BCUT2D eigenvalue weighted by Gasteiger charge is -2.42. The molecular formula is C39H83ClNSi+. The molecule has 0 rings (SSSR count). The van der Waals surface area contributed by atoms with Crippen LogP contribution in [0.1, 0.15) is 213 Å². The minimum absolute atomic E-state index is 1.29. The number of hydrogen-bond acceptors (Lipinski definition) is 0. The Labute approximate surface area is 274 Å². The number of quaternary nitrogens is 1. The summed E-state index contributed by atoms with van der Waals surface area (Å²) in [5, 5.41) is 0. The summed E-state index contributed by atoms with van der Waals surface area (Å²) in [6.45, 7) is 16.0. The first kappa shape index (κ1) is 42.5. The van der Waals surface area contributed by atoms with E-state index < -0.39 is 7.38 Å². The van der Waals surface area contributed by atoms with Crippen LogP contribution in [0, 0.1) is 0 Å². The Morgan fingerprint density at radius 2 is 0.524 bits per heavy atom. The predicted octanol–water partition coefficient (Wildman–Crippen LogP) is 14.5. The molecule has 0 radical (unpaired) electrons. The van der Waals surface area contributed by atoms with Crippen LogP contribution in [-0.4, -0.2) is 37.7 Å². The SMILES string of the molecule is CCCCCCCCCCCC[N+](CCCCCCCCCCCC)(CCCCCCCCCCCC)C[Si](C)(C)Cl. The van der Waals surface area contributed by atoms with Gasteiger partial charge in [-0.2, -0.15) is 11.1 Å². The monoisotopic (exact) mass is 629 g/mol. The van der Waals surface area contributed by atoms with E-state index in [-0.39, 0.29) is 0 Å². The van der Waals surface area contributed by atoms with Crippen molar-refractivity contribution in [2.75, 3.05) is 25.8 Å². The van der Waals surface area contributed by atoms with Crippen molar-refractivity contribution in [2.24, 2.45) is 0 Å². The van der Waals surface area contributed by atoms with Crippen molar-refractivity contribution in [2.45, 2.75) is 226 Å². The maximum absolute atomic E-state index is 7.14. The Hall–Kier alpha value is 0.467. The second-order valence-corrected chi connectivity index (χ2v) is 21.8. The topological polar surface area (TPSA) is 0 Å². The Bertz CT molecular complexity index is 457. The van der Waals surface area contributed by atoms with Gasteiger partial charge in [-0.05, 0) is 38.5 Å². The van der Waals surface area contributed by atoms with E-state index >= 15 is 0 Å². The second kappa shape index (κ2) is 31.4. The van der Waals surface area contributed by atoms with Gasteiger partial charge in [-0.1, -0.05) is 188 Å². The molecule has 42 heavy (non-hydrogen) atoms. The van der Waals surface area contributed by atoms with E-state index in [0.717, 1.165) is 0 Å². The molecule has 0 saturated carbocycles. The molecule has 0 heterocycles. The fourth-order valence-electron chi connectivity index (χ4n) is 7.17. The van der Waals surface area contributed by atoms with Crippen LogP contribution in [0.15, 0.2) is 0 Å². The molecule has 254 valence electrons. The van der Waals surface area contributed by atoms with Crippen LogP contribution in [0.3, 0.4) is 0 Å². The highest BCUT2D eigenvalue weighted by molar-refractivity contribution is 7.19. The Morgan fingerprint density at radius 1 is 0.333 bits per heavy atom. The van der Waals surface area contributed by atoms with E-state index in [9.17, 15) is 0 Å². The third kappa shape index (κ3) is 30.5. The average Bonchev–Trinajstić information content (AvgIpc) is 2.95. The first-order valence-electron chi connectivity index (χ1n) is 19.9. The third-order valence-electron chi connectivity index (χ3n) is 9.67. The average molecular weight is 630 g/mol. The largest absolute Gasteiger partial charge is 0.326 e. The van der Waals surface area contributed by atoms with Crippen LogP contribution in [0.25, 0.3) is 0 Å². The molecule has 0 unspecified atom stereocenters. The Morgan fingerprint density at radius 3 is 0.714 bits per heavy atom. The summed E-state index contributed by atoms with van der Waals surface area (Å²) in [4.78, 5) is 0. The van der Waals surface area contributed by atoms with Gasteiger partial charge in [0.25, 0.3) is 0 Å². The van der Waals surface area contributed by atoms with Gasteiger partial charge in [0, 0.05) is 0 Å². The van der Waals surface area contributed by atoms with Crippen LogP contribution in [0.5, 0.6) is 0 Å². The lowest BCUT2D eigenvalue weighted by molar-refractivity contribution is -0.919. The van der Waals surface area contributed by atoms with E-state index in [1.807, 2.05) is 0 Å². The Balaban J connectivity index is 4.65. The minimum Gasteiger partial charge on any atom is -0.326 e. The lowest BCUT2D eigenvalue weighted by atomic mass is 10.0. The summed E-state index contributed by atoms with van der Waals surface area (Å²) in [7, 11) is -1.64. The lowest BCUT2D eigenvalue weighted by Crippen LogP contribution is -2.56. The maximum atomic E-state index is 7.14. The van der Waals surface area contributed by atoms with E-state index in [4.69, 9.17) is 11.1 Å². The van der Waals surface area contributed by atoms with E-state index in [1.54, 1.807) is 0 Å². The molecule has 0 fully saturated rings. The quantitative estimate of drug-likeness (QED) is 0.0283. The highest BCUT2D eigenvalue weighted by Gasteiger charge is 2.34. The van der Waals surface area contributed by atoms with Gasteiger partial charge >= 0.3 is 0 Å². The van der Waals surface area contributed by atoms with Crippen molar-refractivity contribution >= 4 is 18.5 Å². The van der Waals surface area contributed by atoms with Gasteiger partial charge < -0.3 is 4.48 Å². The molecule has 0 amide bonds. The van der Waals surface area contributed by atoms with Crippen molar-refractivity contribution in [1.29, 1.82) is 0 Å². The van der Waals surface area contributed by atoms with Gasteiger partial charge in [0.05, 0.1) is 25.8 Å². The van der Waals surface area contributed by atoms with E-state index in [1.165, 1.54) is 223 Å². The molecule has 0 saturated heterocycles. The van der Waals surface area contributed by atoms with Gasteiger partial charge in [-0.25, -0.2) is 0 Å². The number of hydrogen-bond donors (Lipinski definition) is 0. The van der Waals surface area contributed by atoms with Gasteiger partial charge in [-0.3, -0.25) is 0 Å². The molecule has 0 atom stereocenters. The fourth-order valence-corrected chi connectivity index (χ4v) is 10.0. The van der Waals surface area contributed by atoms with E-state index in [2.05, 4.69) is 33.9 Å². The molecule has 3 heteroatoms. The third-order valence-corrected chi connectivity index (χ3v) is 11.5. The first-order valence-corrected chi connectivity index (χ1v) is 24.1. The van der Waals surface area contributed by atoms with Crippen LogP contribution in [0.4, 0.5) is 0 Å². The van der Waals surface area contributed by atoms with Gasteiger partial charge in [0.15, 0.2) is 0 Å². The van der Waals surface area contributed by atoms with Gasteiger partial charge in [-0.15, -0.1) is 0 Å². The summed E-state index contributed by atoms with van der Waals surface area (Å²) in [5.41, 5.74) is 0. The molecule has 0 aromatic carbocycles. The highest BCUT2D eigenvalue weighted by atomic mass is 35.6. The second-order valence-electron chi connectivity index (χ2n) is 14.9. The number of rotatable bonds is 35. The molecule has 0 bridgehead atoms. The van der Waals surface area contributed by atoms with Crippen molar-refractivity contribution < 1.29 is 4.48 Å². The van der Waals surface area contributed by atoms with E-state index in [0.29, 0.717) is 0 Å². The molecule has 0 aliphatic heterocycles. The van der Waals surface area contributed by atoms with Crippen molar-refractivity contribution in [1.82, 2.24) is 0 Å². The number of unbranched alkanes of at least 4 members (excludes halogenated alkanes) is 27. The summed E-state index contributed by atoms with van der Waals surface area (Å²) in [5.74, 6) is 0. The smallest absolute Gasteiger partial charge is 0.211 e. The molecule has 0 aromatic rings. The summed E-state index contributed by atoms with van der Waals surface area (Å²) < 4.78 is 1.35. The zero-order valence-electron chi connectivity index (χ0n) is 30.4. The minimum atomic E-state index is -1.64. The predicted molar refractivity (Wildman–Crippen MR) is 199 cm³/mol. The zero-order valence-corrected chi connectivity index (χ0v) is 32.1. The standard InChI is InChI=1S/C39H83ClNSi/c1-6-9-12-15-18-21-24-27-30-33-36-41(39-42(4,5)40,37-34-31-28-25-22-19-16-13-10-7-2)38-35-32-29-26-23-20-17-14-11-8-3/h6-39H2,1-5H3/q+1. The van der Waals surface area contributed by atoms with Crippen molar-refractivity contribution in [3.8, 4) is 0 Å². The molecular weight excluding hydrogens is 546 g/mol. The normalized spacial score (nSPS) is 12.4. The molecule has 0 aliphatic carbocycles. The zero-order chi connectivity index (χ0) is 31.0.